The van der Waals surface area contributed by atoms with Crippen LogP contribution in [0.15, 0.2) is 0 Å². The van der Waals surface area contributed by atoms with Crippen LogP contribution in [0.1, 0.15) is 181 Å². The fraction of sp³-hybridized carbons (Fsp3) is 0.787. The highest BCUT2D eigenvalue weighted by Gasteiger charge is 2.55. The summed E-state index contributed by atoms with van der Waals surface area (Å²) in [7, 11) is -1.63. The van der Waals surface area contributed by atoms with Gasteiger partial charge in [-0.05, 0) is 72.6 Å². The molecular formula is C80H128N9O36P. The molecule has 1 saturated carbocycles. The van der Waals surface area contributed by atoms with Crippen LogP contribution in [0.4, 0.5) is 0 Å². The van der Waals surface area contributed by atoms with E-state index in [1.807, 2.05) is 27.7 Å². The predicted molar refractivity (Wildman–Crippen MR) is 432 cm³/mol. The summed E-state index contributed by atoms with van der Waals surface area (Å²) in [4.78, 5) is 205. The number of esters is 9. The van der Waals surface area contributed by atoms with Crippen LogP contribution < -0.4 is 37.2 Å². The largest absolute Gasteiger partial charge is 0.463 e. The Bertz CT molecular complexity index is 3290. The number of amides is 7. The smallest absolute Gasteiger partial charge is 0.303 e. The molecule has 126 heavy (non-hydrogen) atoms. The predicted octanol–water partition coefficient (Wildman–Crippen LogP) is 0.450. The molecule has 0 aromatic rings. The first-order valence-electron chi connectivity index (χ1n) is 41.8. The summed E-state index contributed by atoms with van der Waals surface area (Å²) >= 11 is 0. The number of nitrogens with zero attached hydrogens (tertiary/aromatic N) is 2. The molecule has 0 aromatic heterocycles. The molecule has 714 valence electrons. The van der Waals surface area contributed by atoms with E-state index in [2.05, 4.69) is 48.0 Å². The molecule has 7 amide bonds. The van der Waals surface area contributed by atoms with E-state index in [1.54, 1.807) is 0 Å². The lowest BCUT2D eigenvalue weighted by Crippen LogP contribution is -2.66. The first kappa shape index (κ1) is 109. The maximum absolute atomic E-state index is 15.0. The molecule has 0 spiro atoms. The molecule has 4 fully saturated rings. The number of rotatable bonds is 55. The molecule has 45 nitrogen and oxygen atoms in total. The Hall–Kier alpha value is -9.04. The molecule has 0 aromatic carbocycles. The van der Waals surface area contributed by atoms with Crippen molar-refractivity contribution < 1.29 is 171 Å². The summed E-state index contributed by atoms with van der Waals surface area (Å²) in [5.41, 5.74) is -1.47. The maximum Gasteiger partial charge on any atom is 0.303 e. The van der Waals surface area contributed by atoms with Gasteiger partial charge in [-0.3, -0.25) is 76.7 Å². The van der Waals surface area contributed by atoms with E-state index in [-0.39, 0.29) is 149 Å². The van der Waals surface area contributed by atoms with Crippen molar-refractivity contribution in [3.8, 4) is 6.07 Å². The van der Waals surface area contributed by atoms with Crippen LogP contribution in [-0.2, 0) is 171 Å². The zero-order valence-electron chi connectivity index (χ0n) is 74.6. The highest BCUT2D eigenvalue weighted by molar-refractivity contribution is 7.44. The van der Waals surface area contributed by atoms with E-state index in [9.17, 15) is 77.2 Å². The molecule has 7 N–H and O–H groups in total. The maximum atomic E-state index is 15.0. The summed E-state index contributed by atoms with van der Waals surface area (Å²) < 4.78 is 117. The van der Waals surface area contributed by atoms with Gasteiger partial charge in [-0.2, -0.15) is 5.26 Å². The average molecular weight is 1820 g/mol. The van der Waals surface area contributed by atoms with Gasteiger partial charge in [0.2, 0.25) is 41.4 Å². The van der Waals surface area contributed by atoms with Gasteiger partial charge in [0.15, 0.2) is 55.5 Å². The van der Waals surface area contributed by atoms with Crippen LogP contribution in [0.5, 0.6) is 0 Å². The molecule has 3 aliphatic heterocycles. The second kappa shape index (κ2) is 57.7. The van der Waals surface area contributed by atoms with Gasteiger partial charge in [0.25, 0.3) is 8.53 Å². The minimum atomic E-state index is -1.63. The van der Waals surface area contributed by atoms with Crippen LogP contribution in [0, 0.1) is 17.2 Å². The van der Waals surface area contributed by atoms with Crippen molar-refractivity contribution in [2.24, 2.45) is 5.92 Å². The highest BCUT2D eigenvalue weighted by Crippen LogP contribution is 2.49. The number of carbonyl (C=O) groups is 16. The molecule has 46 heteroatoms. The van der Waals surface area contributed by atoms with E-state index in [1.165, 1.54) is 20.8 Å². The minimum absolute atomic E-state index is 0.0111. The lowest BCUT2D eigenvalue weighted by Gasteiger charge is -2.44. The van der Waals surface area contributed by atoms with Crippen LogP contribution in [0.2, 0.25) is 0 Å². The molecule has 3 heterocycles. The quantitative estimate of drug-likeness (QED) is 0.0188. The first-order valence-corrected chi connectivity index (χ1v) is 42.9. The van der Waals surface area contributed by atoms with Crippen molar-refractivity contribution in [1.29, 1.82) is 5.26 Å². The Labute approximate surface area is 733 Å². The van der Waals surface area contributed by atoms with Gasteiger partial charge >= 0.3 is 53.7 Å². The number of nitriles is 1. The van der Waals surface area contributed by atoms with Crippen molar-refractivity contribution in [2.75, 3.05) is 106 Å². The highest BCUT2D eigenvalue weighted by atomic mass is 31.2. The minimum Gasteiger partial charge on any atom is -0.463 e. The van der Waals surface area contributed by atoms with Crippen LogP contribution in [0.3, 0.4) is 0 Å². The summed E-state index contributed by atoms with van der Waals surface area (Å²) in [6, 6.07) is -1.65. The molecule has 0 bridgehead atoms. The molecule has 0 radical (unpaired) electrons. The lowest BCUT2D eigenvalue weighted by molar-refractivity contribution is -0.279. The third-order valence-electron chi connectivity index (χ3n) is 19.3. The molecule has 1 aliphatic carbocycles. The van der Waals surface area contributed by atoms with Gasteiger partial charge < -0.3 is 132 Å². The molecule has 16 unspecified atom stereocenters. The van der Waals surface area contributed by atoms with Crippen molar-refractivity contribution in [2.45, 2.75) is 297 Å². The average Bonchev–Trinajstić information content (AvgIpc) is 0.787. The topological polar surface area (TPSA) is 569 Å². The Morgan fingerprint density at radius 3 is 0.976 bits per heavy atom. The second-order valence-electron chi connectivity index (χ2n) is 30.6. The van der Waals surface area contributed by atoms with Gasteiger partial charge in [0.05, 0.1) is 84.7 Å². The van der Waals surface area contributed by atoms with Gasteiger partial charge in [-0.25, -0.2) is 4.67 Å². The van der Waals surface area contributed by atoms with E-state index < -0.39 is 227 Å². The zero-order valence-corrected chi connectivity index (χ0v) is 75.5. The van der Waals surface area contributed by atoms with E-state index in [0.29, 0.717) is 25.7 Å². The van der Waals surface area contributed by atoms with Crippen LogP contribution in [-0.4, -0.2) is 321 Å². The summed E-state index contributed by atoms with van der Waals surface area (Å²) in [5.74, 6) is -11.4. The summed E-state index contributed by atoms with van der Waals surface area (Å²) in [6.07, 6.45) is -16.1. The molecular weight excluding hydrogens is 1690 g/mol. The normalized spacial score (nSPS) is 24.7. The zero-order chi connectivity index (χ0) is 93.8. The summed E-state index contributed by atoms with van der Waals surface area (Å²) in [5, 5.41) is 28.8. The van der Waals surface area contributed by atoms with Crippen LogP contribution in [0.25, 0.3) is 0 Å². The first-order chi connectivity index (χ1) is 59.6. The number of hydrogen-bond donors (Lipinski definition) is 7. The Morgan fingerprint density at radius 2 is 0.706 bits per heavy atom. The van der Waals surface area contributed by atoms with Gasteiger partial charge in [-0.1, -0.05) is 0 Å². The van der Waals surface area contributed by atoms with Gasteiger partial charge in [0.1, 0.15) is 56.3 Å². The molecule has 16 atom stereocenters. The molecule has 3 saturated heterocycles. The second-order valence-corrected chi connectivity index (χ2v) is 32.0. The van der Waals surface area contributed by atoms with Crippen molar-refractivity contribution >= 4 is 104 Å². The monoisotopic (exact) mass is 1820 g/mol. The SMILES string of the molecule is CC(=O)NC1C(OCCOCCNC(=O)CCC(CCC(=O)NCCOCCOC2OC(COC(C)=O)C(OC(C)=O)C(OC(C)=O)C2NC(C)=O)(CCC(=O)NCCOCCOC2OC(COC(C)=O)C(OC(C)=O)C(OC(C)=O)C2NC(C)=O)NC(=O)C2CCC(OP(OCCC#N)N(C(C)C)C(C)C)CC2)OC(COC(C)=O)C(OC(C)=O)C1OC(C)=O. The standard InChI is InChI=1S/C80H128N9O36P/c1-45(2)89(46(3)4)126(115-32-17-28-81)125-60-20-18-59(19-21-60)76(105)88-80(25-22-64(102)82-29-33-106-36-39-109-77-67(85-47(5)90)73(119-56(14)99)70(116-53(11)96)61(122-77)42-112-50(8)93,26-23-65(103)83-30-34-107-37-40-110-78-68(86-48(6)91)74(120-57(15)100)71(117-54(12)97)62(123-78)43-113-51(9)94)27-24-66(104)84-31-35-108-38-41-111-79-69(87-49(7)92)75(121-58(16)101)72(118-55(13)98)63(124-79)44-114-52(10)95/h45-46,59-63,67-75,77-79H,17-27,29-44H2,1-16H3,(H,82,102)(H,83,103)(H,84,104)(H,85,90)(H,86,91)(H,87,92)(H,88,105). The fourth-order valence-corrected chi connectivity index (χ4v) is 15.9. The Balaban J connectivity index is 1.60. The molecule has 4 aliphatic rings. The lowest BCUT2D eigenvalue weighted by atomic mass is 9.81. The molecule has 4 rings (SSSR count). The Kier molecular flexibility index (Phi) is 50.1. The number of carbonyl (C=O) groups excluding carboxylic acids is 16. The van der Waals surface area contributed by atoms with E-state index >= 15 is 4.79 Å². The van der Waals surface area contributed by atoms with Gasteiger partial charge in [0, 0.05) is 146 Å². The number of hydrogen-bond acceptors (Lipinski definition) is 38. The van der Waals surface area contributed by atoms with Crippen LogP contribution >= 0.6 is 8.53 Å². The van der Waals surface area contributed by atoms with E-state index in [4.69, 9.17) is 94.3 Å². The summed E-state index contributed by atoms with van der Waals surface area (Å²) in [6.45, 7) is 18.6. The third kappa shape index (κ3) is 41.4. The van der Waals surface area contributed by atoms with Gasteiger partial charge in [-0.15, -0.1) is 0 Å². The van der Waals surface area contributed by atoms with Crippen molar-refractivity contribution in [3.63, 3.8) is 0 Å². The van der Waals surface area contributed by atoms with Crippen molar-refractivity contribution in [1.82, 2.24) is 41.9 Å². The number of nitrogens with one attached hydrogen (secondary N) is 7. The van der Waals surface area contributed by atoms with E-state index in [0.717, 1.165) is 62.3 Å². The fourth-order valence-electron chi connectivity index (χ4n) is 14.2. The van der Waals surface area contributed by atoms with Crippen molar-refractivity contribution in [3.05, 3.63) is 0 Å². The number of ether oxygens (including phenoxy) is 18. The Morgan fingerprint density at radius 1 is 0.405 bits per heavy atom. The third-order valence-corrected chi connectivity index (χ3v) is 21.5.